The number of nitrogens with one attached hydrogen (secondary N) is 1. The van der Waals surface area contributed by atoms with E-state index in [1.54, 1.807) is 17.0 Å². The fourth-order valence-electron chi connectivity index (χ4n) is 2.00. The summed E-state index contributed by atoms with van der Waals surface area (Å²) < 4.78 is 0. The van der Waals surface area contributed by atoms with Gasteiger partial charge in [-0.25, -0.2) is 4.79 Å². The quantitative estimate of drug-likeness (QED) is 0.723. The van der Waals surface area contributed by atoms with Crippen LogP contribution in [0.1, 0.15) is 25.3 Å². The summed E-state index contributed by atoms with van der Waals surface area (Å²) in [5.41, 5.74) is 1.48. The van der Waals surface area contributed by atoms with Gasteiger partial charge in [0.05, 0.1) is 0 Å². The van der Waals surface area contributed by atoms with Crippen LogP contribution in [0.15, 0.2) is 36.9 Å². The molecule has 0 unspecified atom stereocenters. The van der Waals surface area contributed by atoms with Crippen LogP contribution in [0.2, 0.25) is 0 Å². The van der Waals surface area contributed by atoms with Crippen LogP contribution in [0.5, 0.6) is 0 Å². The molecule has 1 aromatic carbocycles. The number of hydrogen-bond donors (Lipinski definition) is 2. The second-order valence-corrected chi connectivity index (χ2v) is 4.72. The Morgan fingerprint density at radius 1 is 1.38 bits per heavy atom. The van der Waals surface area contributed by atoms with Crippen LogP contribution in [0.25, 0.3) is 0 Å². The lowest BCUT2D eigenvalue weighted by Gasteiger charge is -2.21. The second kappa shape index (κ2) is 8.79. The van der Waals surface area contributed by atoms with E-state index >= 15 is 0 Å². The standard InChI is InChI=1S/C16H22N2O3/c1-3-11-18(12-4-2)16(21)17-14-8-6-5-7-13(14)9-10-15(19)20/h3,5-8H,1,4,9-12H2,2H3,(H,17,21)(H,19,20). The average Bonchev–Trinajstić information content (AvgIpc) is 2.46. The Labute approximate surface area is 125 Å². The summed E-state index contributed by atoms with van der Waals surface area (Å²) in [4.78, 5) is 24.6. The third-order valence-corrected chi connectivity index (χ3v) is 3.00. The van der Waals surface area contributed by atoms with Gasteiger partial charge >= 0.3 is 12.0 Å². The van der Waals surface area contributed by atoms with Crippen LogP contribution in [0.3, 0.4) is 0 Å². The minimum Gasteiger partial charge on any atom is -0.481 e. The normalized spacial score (nSPS) is 9.95. The molecule has 1 aromatic rings. The maximum atomic E-state index is 12.2. The molecule has 0 aliphatic carbocycles. The van der Waals surface area contributed by atoms with Gasteiger partial charge in [0, 0.05) is 25.2 Å². The number of aliphatic carboxylic acids is 1. The number of anilines is 1. The van der Waals surface area contributed by atoms with Crippen molar-refractivity contribution in [3.63, 3.8) is 0 Å². The Hall–Kier alpha value is -2.30. The van der Waals surface area contributed by atoms with Crippen molar-refractivity contribution in [3.05, 3.63) is 42.5 Å². The summed E-state index contributed by atoms with van der Waals surface area (Å²) in [6, 6.07) is 7.07. The highest BCUT2D eigenvalue weighted by Crippen LogP contribution is 2.17. The fraction of sp³-hybridized carbons (Fsp3) is 0.375. The maximum Gasteiger partial charge on any atom is 0.322 e. The van der Waals surface area contributed by atoms with Crippen molar-refractivity contribution >= 4 is 17.7 Å². The highest BCUT2D eigenvalue weighted by molar-refractivity contribution is 5.90. The molecule has 2 amide bonds. The van der Waals surface area contributed by atoms with Crippen molar-refractivity contribution in [2.24, 2.45) is 0 Å². The Bertz CT molecular complexity index is 500. The zero-order chi connectivity index (χ0) is 15.7. The van der Waals surface area contributed by atoms with Gasteiger partial charge in [0.2, 0.25) is 0 Å². The molecule has 5 nitrogen and oxygen atoms in total. The summed E-state index contributed by atoms with van der Waals surface area (Å²) in [6.45, 7) is 6.79. The highest BCUT2D eigenvalue weighted by Gasteiger charge is 2.13. The first-order valence-electron chi connectivity index (χ1n) is 7.05. The summed E-state index contributed by atoms with van der Waals surface area (Å²) >= 11 is 0. The number of para-hydroxylation sites is 1. The topological polar surface area (TPSA) is 69.6 Å². The molecule has 0 aliphatic heterocycles. The Balaban J connectivity index is 2.78. The van der Waals surface area contributed by atoms with Gasteiger partial charge in [-0.1, -0.05) is 31.2 Å². The van der Waals surface area contributed by atoms with Gasteiger partial charge in [-0.3, -0.25) is 4.79 Å². The molecule has 0 aromatic heterocycles. The largest absolute Gasteiger partial charge is 0.481 e. The van der Waals surface area contributed by atoms with Crippen LogP contribution in [-0.2, 0) is 11.2 Å². The summed E-state index contributed by atoms with van der Waals surface area (Å²) in [6.07, 6.45) is 2.98. The van der Waals surface area contributed by atoms with Crippen molar-refractivity contribution in [2.75, 3.05) is 18.4 Å². The molecular formula is C16H22N2O3. The summed E-state index contributed by atoms with van der Waals surface area (Å²) in [5.74, 6) is -0.851. The van der Waals surface area contributed by atoms with Crippen LogP contribution in [0, 0.1) is 0 Å². The van der Waals surface area contributed by atoms with Crippen LogP contribution in [-0.4, -0.2) is 35.1 Å². The SMILES string of the molecule is C=CCN(CCC)C(=O)Nc1ccccc1CCC(=O)O. The van der Waals surface area contributed by atoms with E-state index in [0.29, 0.717) is 25.2 Å². The van der Waals surface area contributed by atoms with E-state index in [9.17, 15) is 9.59 Å². The molecule has 114 valence electrons. The zero-order valence-corrected chi connectivity index (χ0v) is 12.3. The molecule has 21 heavy (non-hydrogen) atoms. The van der Waals surface area contributed by atoms with Gasteiger partial charge < -0.3 is 15.3 Å². The number of rotatable bonds is 8. The predicted molar refractivity (Wildman–Crippen MR) is 83.5 cm³/mol. The molecule has 0 saturated heterocycles. The van der Waals surface area contributed by atoms with Crippen molar-refractivity contribution in [1.29, 1.82) is 0 Å². The Morgan fingerprint density at radius 3 is 2.71 bits per heavy atom. The van der Waals surface area contributed by atoms with E-state index < -0.39 is 5.97 Å². The molecule has 0 saturated carbocycles. The molecule has 0 spiro atoms. The number of carbonyl (C=O) groups excluding carboxylic acids is 1. The van der Waals surface area contributed by atoms with Crippen molar-refractivity contribution in [3.8, 4) is 0 Å². The predicted octanol–water partition coefficient (Wildman–Crippen LogP) is 3.13. The fourth-order valence-corrected chi connectivity index (χ4v) is 2.00. The highest BCUT2D eigenvalue weighted by atomic mass is 16.4. The first-order valence-corrected chi connectivity index (χ1v) is 7.05. The number of amides is 2. The van der Waals surface area contributed by atoms with E-state index in [-0.39, 0.29) is 12.5 Å². The number of aryl methyl sites for hydroxylation is 1. The van der Waals surface area contributed by atoms with Crippen LogP contribution < -0.4 is 5.32 Å². The number of nitrogens with zero attached hydrogens (tertiary/aromatic N) is 1. The van der Waals surface area contributed by atoms with Crippen LogP contribution >= 0.6 is 0 Å². The lowest BCUT2D eigenvalue weighted by molar-refractivity contribution is -0.136. The molecule has 5 heteroatoms. The number of urea groups is 1. The Morgan fingerprint density at radius 2 is 2.10 bits per heavy atom. The number of carboxylic acids is 1. The number of carbonyl (C=O) groups is 2. The molecule has 1 rings (SSSR count). The molecule has 0 fully saturated rings. The Kier molecular flexibility index (Phi) is 7.01. The molecular weight excluding hydrogens is 268 g/mol. The van der Waals surface area contributed by atoms with E-state index in [2.05, 4.69) is 11.9 Å². The third-order valence-electron chi connectivity index (χ3n) is 3.00. The second-order valence-electron chi connectivity index (χ2n) is 4.72. The number of carboxylic acid groups (broad SMARTS) is 1. The summed E-state index contributed by atoms with van der Waals surface area (Å²) in [5, 5.41) is 11.6. The minimum atomic E-state index is -0.851. The zero-order valence-electron chi connectivity index (χ0n) is 12.3. The summed E-state index contributed by atoms with van der Waals surface area (Å²) in [7, 11) is 0. The number of benzene rings is 1. The van der Waals surface area contributed by atoms with Crippen LogP contribution in [0.4, 0.5) is 10.5 Å². The third kappa shape index (κ3) is 5.69. The van der Waals surface area contributed by atoms with E-state index in [1.165, 1.54) is 0 Å². The smallest absolute Gasteiger partial charge is 0.322 e. The van der Waals surface area contributed by atoms with Gasteiger partial charge in [0.25, 0.3) is 0 Å². The van der Waals surface area contributed by atoms with Crippen molar-refractivity contribution in [2.45, 2.75) is 26.2 Å². The average molecular weight is 290 g/mol. The monoisotopic (exact) mass is 290 g/mol. The van der Waals surface area contributed by atoms with E-state index in [0.717, 1.165) is 12.0 Å². The molecule has 2 N–H and O–H groups in total. The maximum absolute atomic E-state index is 12.2. The van der Waals surface area contributed by atoms with Crippen molar-refractivity contribution < 1.29 is 14.7 Å². The van der Waals surface area contributed by atoms with Crippen molar-refractivity contribution in [1.82, 2.24) is 4.90 Å². The molecule has 0 radical (unpaired) electrons. The first kappa shape index (κ1) is 16.8. The number of hydrogen-bond acceptors (Lipinski definition) is 2. The lowest BCUT2D eigenvalue weighted by atomic mass is 10.1. The van der Waals surface area contributed by atoms with Gasteiger partial charge in [-0.2, -0.15) is 0 Å². The van der Waals surface area contributed by atoms with E-state index in [1.807, 2.05) is 25.1 Å². The first-order chi connectivity index (χ1) is 10.1. The minimum absolute atomic E-state index is 0.0399. The molecule has 0 aliphatic rings. The van der Waals surface area contributed by atoms with Gasteiger partial charge in [-0.05, 0) is 24.5 Å². The van der Waals surface area contributed by atoms with Gasteiger partial charge in [-0.15, -0.1) is 6.58 Å². The molecule has 0 atom stereocenters. The molecule has 0 bridgehead atoms. The van der Waals surface area contributed by atoms with Gasteiger partial charge in [0.1, 0.15) is 0 Å². The molecule has 0 heterocycles. The van der Waals surface area contributed by atoms with Gasteiger partial charge in [0.15, 0.2) is 0 Å². The van der Waals surface area contributed by atoms with E-state index in [4.69, 9.17) is 5.11 Å². The lowest BCUT2D eigenvalue weighted by Crippen LogP contribution is -2.35.